The van der Waals surface area contributed by atoms with Crippen molar-refractivity contribution in [2.75, 3.05) is 10.2 Å². The minimum absolute atomic E-state index is 0.0219. The van der Waals surface area contributed by atoms with E-state index in [0.29, 0.717) is 16.9 Å². The van der Waals surface area contributed by atoms with Crippen LogP contribution in [0.15, 0.2) is 53.2 Å². The van der Waals surface area contributed by atoms with Gasteiger partial charge in [-0.15, -0.1) is 0 Å². The molecule has 1 heterocycles. The van der Waals surface area contributed by atoms with Crippen molar-refractivity contribution in [2.24, 2.45) is 0 Å². The maximum absolute atomic E-state index is 12.9. The molecule has 0 aromatic heterocycles. The molecule has 0 bridgehead atoms. The monoisotopic (exact) mass is 412 g/mol. The number of nitrogens with one attached hydrogen (secondary N) is 1. The summed E-state index contributed by atoms with van der Waals surface area (Å²) in [6.07, 6.45) is -0.245. The zero-order valence-electron chi connectivity index (χ0n) is 16.6. The second-order valence-corrected chi connectivity index (χ2v) is 7.46. The Bertz CT molecular complexity index is 1030. The highest BCUT2D eigenvalue weighted by molar-refractivity contribution is 6.53. The van der Waals surface area contributed by atoms with Crippen molar-refractivity contribution in [2.45, 2.75) is 33.8 Å². The van der Waals surface area contributed by atoms with Crippen molar-refractivity contribution in [1.29, 1.82) is 0 Å². The number of halogens is 1. The molecule has 0 radical (unpaired) electrons. The topological polar surface area (TPSA) is 75.7 Å². The second-order valence-electron chi connectivity index (χ2n) is 7.08. The molecule has 2 amide bonds. The highest BCUT2D eigenvalue weighted by Gasteiger charge is 2.39. The number of esters is 1. The predicted molar refractivity (Wildman–Crippen MR) is 112 cm³/mol. The van der Waals surface area contributed by atoms with Gasteiger partial charge in [-0.2, -0.15) is 0 Å². The lowest BCUT2D eigenvalue weighted by molar-refractivity contribution is -0.120. The summed E-state index contributed by atoms with van der Waals surface area (Å²) in [5, 5.41) is 2.81. The summed E-state index contributed by atoms with van der Waals surface area (Å²) < 4.78 is 5.14. The molecule has 1 aliphatic heterocycles. The molecular formula is C22H21ClN2O4. The van der Waals surface area contributed by atoms with Crippen LogP contribution < -0.4 is 10.2 Å². The van der Waals surface area contributed by atoms with E-state index in [2.05, 4.69) is 5.32 Å². The van der Waals surface area contributed by atoms with Crippen LogP contribution in [-0.4, -0.2) is 23.9 Å². The molecule has 6 nitrogen and oxygen atoms in total. The zero-order valence-corrected chi connectivity index (χ0v) is 17.3. The molecule has 0 saturated carbocycles. The fraction of sp³-hybridized carbons (Fsp3) is 0.227. The second kappa shape index (κ2) is 8.09. The third kappa shape index (κ3) is 4.17. The van der Waals surface area contributed by atoms with Gasteiger partial charge in [0.25, 0.3) is 11.8 Å². The first-order valence-corrected chi connectivity index (χ1v) is 9.50. The van der Waals surface area contributed by atoms with Crippen molar-refractivity contribution < 1.29 is 19.1 Å². The summed E-state index contributed by atoms with van der Waals surface area (Å²) in [4.78, 5) is 38.5. The van der Waals surface area contributed by atoms with Gasteiger partial charge in [-0.05, 0) is 69.2 Å². The summed E-state index contributed by atoms with van der Waals surface area (Å²) in [6.45, 7) is 7.34. The van der Waals surface area contributed by atoms with Gasteiger partial charge in [0, 0.05) is 5.69 Å². The van der Waals surface area contributed by atoms with Crippen molar-refractivity contribution in [1.82, 2.24) is 0 Å². The third-order valence-corrected chi connectivity index (χ3v) is 4.73. The van der Waals surface area contributed by atoms with Gasteiger partial charge >= 0.3 is 5.97 Å². The number of hydrogen-bond donors (Lipinski definition) is 1. The van der Waals surface area contributed by atoms with Crippen molar-refractivity contribution >= 4 is 40.8 Å². The first-order chi connectivity index (χ1) is 13.7. The van der Waals surface area contributed by atoms with E-state index in [9.17, 15) is 14.4 Å². The minimum Gasteiger partial charge on any atom is -0.459 e. The molecule has 0 saturated heterocycles. The molecule has 7 heteroatoms. The Morgan fingerprint density at radius 3 is 2.31 bits per heavy atom. The molecule has 0 aliphatic carbocycles. The van der Waals surface area contributed by atoms with Gasteiger partial charge in [-0.25, -0.2) is 9.69 Å². The van der Waals surface area contributed by atoms with E-state index in [1.54, 1.807) is 13.8 Å². The van der Waals surface area contributed by atoms with Gasteiger partial charge in [0.2, 0.25) is 0 Å². The maximum atomic E-state index is 12.9. The van der Waals surface area contributed by atoms with E-state index in [1.807, 2.05) is 32.0 Å². The molecule has 1 N–H and O–H groups in total. The number of ether oxygens (including phenoxy) is 1. The Hall–Kier alpha value is -3.12. The van der Waals surface area contributed by atoms with Gasteiger partial charge in [0.15, 0.2) is 0 Å². The van der Waals surface area contributed by atoms with Gasteiger partial charge < -0.3 is 10.1 Å². The lowest BCUT2D eigenvalue weighted by Gasteiger charge is -2.16. The Kier molecular flexibility index (Phi) is 5.75. The summed E-state index contributed by atoms with van der Waals surface area (Å²) in [6, 6.07) is 11.8. The number of amides is 2. The van der Waals surface area contributed by atoms with E-state index in [1.165, 1.54) is 24.3 Å². The van der Waals surface area contributed by atoms with Crippen LogP contribution in [0.1, 0.15) is 35.3 Å². The van der Waals surface area contributed by atoms with E-state index in [4.69, 9.17) is 16.3 Å². The van der Waals surface area contributed by atoms with Crippen LogP contribution in [0, 0.1) is 13.8 Å². The Morgan fingerprint density at radius 1 is 1.03 bits per heavy atom. The smallest absolute Gasteiger partial charge is 0.338 e. The van der Waals surface area contributed by atoms with Crippen molar-refractivity contribution in [3.05, 3.63) is 69.9 Å². The minimum atomic E-state index is -0.623. The average Bonchev–Trinajstić information content (AvgIpc) is 2.87. The van der Waals surface area contributed by atoms with Gasteiger partial charge in [-0.3, -0.25) is 9.59 Å². The van der Waals surface area contributed by atoms with Crippen molar-refractivity contribution in [3.63, 3.8) is 0 Å². The quantitative estimate of drug-likeness (QED) is 0.585. The Morgan fingerprint density at radius 2 is 1.69 bits per heavy atom. The summed E-state index contributed by atoms with van der Waals surface area (Å²) >= 11 is 6.18. The number of imide groups is 1. The number of aryl methyl sites for hydroxylation is 2. The van der Waals surface area contributed by atoms with Crippen LogP contribution in [0.25, 0.3) is 0 Å². The molecular weight excluding hydrogens is 392 g/mol. The number of carbonyl (C=O) groups is 3. The molecule has 2 aromatic carbocycles. The normalized spacial score (nSPS) is 14.1. The number of anilines is 2. The van der Waals surface area contributed by atoms with Gasteiger partial charge in [0.05, 0.1) is 17.4 Å². The molecule has 0 atom stereocenters. The fourth-order valence-corrected chi connectivity index (χ4v) is 3.09. The van der Waals surface area contributed by atoms with Crippen LogP contribution in [0.5, 0.6) is 0 Å². The van der Waals surface area contributed by atoms with Crippen molar-refractivity contribution in [3.8, 4) is 0 Å². The number of nitrogens with zero attached hydrogens (tertiary/aromatic N) is 1. The summed E-state index contributed by atoms with van der Waals surface area (Å²) in [5.41, 5.74) is 3.29. The molecule has 29 heavy (non-hydrogen) atoms. The zero-order chi connectivity index (χ0) is 21.3. The SMILES string of the molecule is Cc1ccc(C)c(NC2=C(Cl)C(=O)N(c3ccc(C(=O)OC(C)C)cc3)C2=O)c1. The maximum Gasteiger partial charge on any atom is 0.338 e. The molecule has 0 spiro atoms. The lowest BCUT2D eigenvalue weighted by Crippen LogP contribution is -2.32. The first kappa shape index (κ1) is 20.6. The average molecular weight is 413 g/mol. The molecule has 150 valence electrons. The van der Waals surface area contributed by atoms with E-state index >= 15 is 0 Å². The van der Waals surface area contributed by atoms with Crippen LogP contribution in [-0.2, 0) is 14.3 Å². The highest BCUT2D eigenvalue weighted by Crippen LogP contribution is 2.31. The molecule has 1 aliphatic rings. The summed E-state index contributed by atoms with van der Waals surface area (Å²) in [7, 11) is 0. The van der Waals surface area contributed by atoms with E-state index in [-0.39, 0.29) is 16.8 Å². The summed E-state index contributed by atoms with van der Waals surface area (Å²) in [5.74, 6) is -1.65. The van der Waals surface area contributed by atoms with Crippen LogP contribution in [0.4, 0.5) is 11.4 Å². The predicted octanol–water partition coefficient (Wildman–Crippen LogP) is 4.30. The van der Waals surface area contributed by atoms with E-state index in [0.717, 1.165) is 16.0 Å². The highest BCUT2D eigenvalue weighted by atomic mass is 35.5. The van der Waals surface area contributed by atoms with Crippen LogP contribution in [0.2, 0.25) is 0 Å². The first-order valence-electron chi connectivity index (χ1n) is 9.13. The van der Waals surface area contributed by atoms with Gasteiger partial charge in [0.1, 0.15) is 10.7 Å². The Balaban J connectivity index is 1.84. The molecule has 0 fully saturated rings. The number of carbonyl (C=O) groups excluding carboxylic acids is 3. The molecule has 2 aromatic rings. The standard InChI is InChI=1S/C22H21ClN2O4/c1-12(2)29-22(28)15-7-9-16(10-8-15)25-20(26)18(23)19(21(25)27)24-17-11-13(3)5-6-14(17)4/h5-12,24H,1-4H3. The molecule has 0 unspecified atom stereocenters. The third-order valence-electron chi connectivity index (χ3n) is 4.38. The van der Waals surface area contributed by atoms with Crippen LogP contribution >= 0.6 is 11.6 Å². The van der Waals surface area contributed by atoms with E-state index < -0.39 is 17.8 Å². The lowest BCUT2D eigenvalue weighted by atomic mass is 10.1. The fourth-order valence-electron chi connectivity index (χ4n) is 2.88. The van der Waals surface area contributed by atoms with Crippen LogP contribution in [0.3, 0.4) is 0 Å². The number of rotatable bonds is 5. The van der Waals surface area contributed by atoms with Gasteiger partial charge in [-0.1, -0.05) is 23.7 Å². The number of hydrogen-bond acceptors (Lipinski definition) is 5. The Labute approximate surface area is 174 Å². The molecule has 3 rings (SSSR count). The number of benzene rings is 2. The largest absolute Gasteiger partial charge is 0.459 e.